The maximum Gasteiger partial charge on any atom is 0.180 e. The first-order valence-electron chi connectivity index (χ1n) is 7.37. The summed E-state index contributed by atoms with van der Waals surface area (Å²) < 4.78 is 1.93. The third-order valence-corrected chi connectivity index (χ3v) is 3.95. The highest BCUT2D eigenvalue weighted by molar-refractivity contribution is 5.71. The van der Waals surface area contributed by atoms with Gasteiger partial charge in [-0.1, -0.05) is 6.07 Å². The molecule has 0 radical (unpaired) electrons. The Balaban J connectivity index is 1.62. The van der Waals surface area contributed by atoms with Crippen molar-refractivity contribution in [2.75, 3.05) is 23.3 Å². The number of nitrogens with zero attached hydrogens (tertiary/aromatic N) is 4. The molecule has 0 aliphatic carbocycles. The van der Waals surface area contributed by atoms with Gasteiger partial charge in [0.05, 0.1) is 6.10 Å². The normalized spacial score (nSPS) is 18.0. The quantitative estimate of drug-likeness (QED) is 0.774. The summed E-state index contributed by atoms with van der Waals surface area (Å²) in [6.07, 6.45) is 7.87. The fraction of sp³-hybridized carbons (Fsp3) is 0.250. The minimum atomic E-state index is -0.225. The molecular weight excluding hydrogens is 278 g/mol. The van der Waals surface area contributed by atoms with Crippen LogP contribution in [0.4, 0.5) is 17.2 Å². The summed E-state index contributed by atoms with van der Waals surface area (Å²) in [6, 6.07) is 8.15. The summed E-state index contributed by atoms with van der Waals surface area (Å²) in [5.41, 5.74) is 2.86. The number of aliphatic hydroxyl groups excluding tert-OH is 1. The molecule has 4 rings (SSSR count). The number of nitrogens with one attached hydrogen (secondary N) is 1. The van der Waals surface area contributed by atoms with Crippen LogP contribution in [-0.2, 0) is 0 Å². The number of aromatic nitrogens is 3. The van der Waals surface area contributed by atoms with Crippen molar-refractivity contribution in [3.63, 3.8) is 0 Å². The van der Waals surface area contributed by atoms with Crippen LogP contribution in [0.3, 0.4) is 0 Å². The third kappa shape index (κ3) is 2.37. The zero-order valence-corrected chi connectivity index (χ0v) is 12.1. The summed E-state index contributed by atoms with van der Waals surface area (Å²) in [5.74, 6) is 0.728. The van der Waals surface area contributed by atoms with Crippen LogP contribution in [0.1, 0.15) is 6.42 Å². The van der Waals surface area contributed by atoms with Gasteiger partial charge < -0.3 is 19.7 Å². The molecule has 0 amide bonds. The number of imidazole rings is 1. The van der Waals surface area contributed by atoms with Gasteiger partial charge in [-0.15, -0.1) is 0 Å². The molecule has 0 spiro atoms. The number of β-amino-alcohol motifs (C(OH)–C–C–N with tert-alkyl or cyclic N) is 1. The first kappa shape index (κ1) is 13.1. The van der Waals surface area contributed by atoms with Gasteiger partial charge >= 0.3 is 0 Å². The predicted octanol–water partition coefficient (Wildman–Crippen LogP) is 2.04. The van der Waals surface area contributed by atoms with Crippen LogP contribution in [0.5, 0.6) is 0 Å². The van der Waals surface area contributed by atoms with Gasteiger partial charge in [0.1, 0.15) is 0 Å². The number of hydrogen-bond donors (Lipinski definition) is 2. The maximum atomic E-state index is 9.68. The van der Waals surface area contributed by atoms with Crippen molar-refractivity contribution in [1.29, 1.82) is 0 Å². The molecule has 6 heteroatoms. The zero-order valence-electron chi connectivity index (χ0n) is 12.1. The molecule has 1 unspecified atom stereocenters. The van der Waals surface area contributed by atoms with Crippen LogP contribution in [-0.4, -0.2) is 38.7 Å². The van der Waals surface area contributed by atoms with Gasteiger partial charge in [-0.25, -0.2) is 9.97 Å². The number of hydrogen-bond acceptors (Lipinski definition) is 5. The van der Waals surface area contributed by atoms with Gasteiger partial charge in [0, 0.05) is 49.3 Å². The topological polar surface area (TPSA) is 65.7 Å². The Morgan fingerprint density at radius 1 is 1.18 bits per heavy atom. The van der Waals surface area contributed by atoms with Gasteiger partial charge in [-0.3, -0.25) is 0 Å². The highest BCUT2D eigenvalue weighted by atomic mass is 16.3. The second-order valence-electron chi connectivity index (χ2n) is 5.50. The first-order valence-corrected chi connectivity index (χ1v) is 7.37. The molecular formula is C16H17N5O. The minimum absolute atomic E-state index is 0.225. The highest BCUT2D eigenvalue weighted by Gasteiger charge is 2.20. The largest absolute Gasteiger partial charge is 0.391 e. The predicted molar refractivity (Wildman–Crippen MR) is 85.5 cm³/mol. The molecule has 0 bridgehead atoms. The molecule has 1 atom stereocenters. The third-order valence-electron chi connectivity index (χ3n) is 3.95. The van der Waals surface area contributed by atoms with Crippen LogP contribution >= 0.6 is 0 Å². The Labute approximate surface area is 128 Å². The minimum Gasteiger partial charge on any atom is -0.391 e. The molecule has 2 aromatic heterocycles. The van der Waals surface area contributed by atoms with Crippen LogP contribution in [0.15, 0.2) is 49.1 Å². The van der Waals surface area contributed by atoms with E-state index in [2.05, 4.69) is 32.3 Å². The van der Waals surface area contributed by atoms with E-state index in [1.165, 1.54) is 0 Å². The Morgan fingerprint density at radius 2 is 2.05 bits per heavy atom. The second-order valence-corrected chi connectivity index (χ2v) is 5.50. The van der Waals surface area contributed by atoms with Gasteiger partial charge in [0.2, 0.25) is 0 Å². The molecule has 1 aliphatic heterocycles. The highest BCUT2D eigenvalue weighted by Crippen LogP contribution is 2.25. The van der Waals surface area contributed by atoms with E-state index in [9.17, 15) is 5.11 Å². The SMILES string of the molecule is OC1CCN(c2cccc(Nc3nccn4ccnc34)c2)C1. The molecule has 6 nitrogen and oxygen atoms in total. The van der Waals surface area contributed by atoms with Crippen molar-refractivity contribution in [2.45, 2.75) is 12.5 Å². The van der Waals surface area contributed by atoms with Crippen molar-refractivity contribution < 1.29 is 5.11 Å². The Morgan fingerprint density at radius 3 is 2.86 bits per heavy atom. The smallest absolute Gasteiger partial charge is 0.180 e. The molecule has 2 N–H and O–H groups in total. The monoisotopic (exact) mass is 295 g/mol. The molecule has 3 heterocycles. The van der Waals surface area contributed by atoms with Crippen LogP contribution in [0.25, 0.3) is 5.65 Å². The first-order chi connectivity index (χ1) is 10.8. The van der Waals surface area contributed by atoms with Crippen LogP contribution < -0.4 is 10.2 Å². The van der Waals surface area contributed by atoms with Crippen molar-refractivity contribution in [2.24, 2.45) is 0 Å². The average molecular weight is 295 g/mol. The van der Waals surface area contributed by atoms with Gasteiger partial charge in [0.15, 0.2) is 11.5 Å². The lowest BCUT2D eigenvalue weighted by molar-refractivity contribution is 0.198. The maximum absolute atomic E-state index is 9.68. The zero-order chi connectivity index (χ0) is 14.9. The summed E-state index contributed by atoms with van der Waals surface area (Å²) in [6.45, 7) is 1.58. The summed E-state index contributed by atoms with van der Waals surface area (Å²) in [7, 11) is 0. The summed E-state index contributed by atoms with van der Waals surface area (Å²) in [4.78, 5) is 10.9. The molecule has 22 heavy (non-hydrogen) atoms. The second kappa shape index (κ2) is 5.31. The van der Waals surface area contributed by atoms with Gasteiger partial charge in [0.25, 0.3) is 0 Å². The van der Waals surface area contributed by atoms with E-state index >= 15 is 0 Å². The van der Waals surface area contributed by atoms with Crippen molar-refractivity contribution >= 4 is 22.8 Å². The van der Waals surface area contributed by atoms with E-state index in [1.807, 2.05) is 28.9 Å². The average Bonchev–Trinajstić information content (AvgIpc) is 3.17. The molecule has 112 valence electrons. The fourth-order valence-corrected chi connectivity index (χ4v) is 2.84. The number of rotatable bonds is 3. The lowest BCUT2D eigenvalue weighted by Gasteiger charge is -2.18. The fourth-order valence-electron chi connectivity index (χ4n) is 2.84. The number of fused-ring (bicyclic) bond motifs is 1. The van der Waals surface area contributed by atoms with Crippen LogP contribution in [0, 0.1) is 0 Å². The van der Waals surface area contributed by atoms with Crippen molar-refractivity contribution in [3.05, 3.63) is 49.1 Å². The van der Waals surface area contributed by atoms with E-state index in [0.717, 1.165) is 35.8 Å². The molecule has 1 saturated heterocycles. The lowest BCUT2D eigenvalue weighted by atomic mass is 10.2. The molecule has 3 aromatic rings. The van der Waals surface area contributed by atoms with Gasteiger partial charge in [-0.2, -0.15) is 0 Å². The van der Waals surface area contributed by atoms with E-state index in [0.29, 0.717) is 6.54 Å². The van der Waals surface area contributed by atoms with Gasteiger partial charge in [-0.05, 0) is 24.6 Å². The van der Waals surface area contributed by atoms with E-state index < -0.39 is 0 Å². The van der Waals surface area contributed by atoms with Crippen molar-refractivity contribution in [3.8, 4) is 0 Å². The van der Waals surface area contributed by atoms with E-state index in [1.54, 1.807) is 12.4 Å². The number of aliphatic hydroxyl groups is 1. The molecule has 1 aromatic carbocycles. The molecule has 0 saturated carbocycles. The lowest BCUT2D eigenvalue weighted by Crippen LogP contribution is -2.21. The Kier molecular flexibility index (Phi) is 3.16. The van der Waals surface area contributed by atoms with Crippen molar-refractivity contribution in [1.82, 2.24) is 14.4 Å². The number of anilines is 3. The number of benzene rings is 1. The van der Waals surface area contributed by atoms with E-state index in [4.69, 9.17) is 0 Å². The van der Waals surface area contributed by atoms with Crippen LogP contribution in [0.2, 0.25) is 0 Å². The van der Waals surface area contributed by atoms with E-state index in [-0.39, 0.29) is 6.10 Å². The summed E-state index contributed by atoms with van der Waals surface area (Å²) >= 11 is 0. The molecule has 1 fully saturated rings. The standard InChI is InChI=1S/C16H17N5O/c22-14-4-7-21(11-14)13-3-1-2-12(10-13)19-15-16-18-6-9-20(16)8-5-17-15/h1-3,5-6,8-10,14,22H,4,7,11H2,(H,17,19). The molecule has 1 aliphatic rings. The Hall–Kier alpha value is -2.60. The summed E-state index contributed by atoms with van der Waals surface area (Å²) in [5, 5.41) is 13.0. The Bertz CT molecular complexity index is 800.